The number of hydrogen-bond acceptors (Lipinski definition) is 3. The monoisotopic (exact) mass is 343 g/mol. The lowest BCUT2D eigenvalue weighted by Gasteiger charge is -2.39. The molecule has 3 aromatic rings. The average molecular weight is 343 g/mol. The molecule has 0 unspecified atom stereocenters. The Kier molecular flexibility index (Phi) is 3.17. The van der Waals surface area contributed by atoms with Crippen LogP contribution in [0.2, 0.25) is 0 Å². The molecule has 0 spiro atoms. The maximum Gasteiger partial charge on any atom is 0.162 e. The summed E-state index contributed by atoms with van der Waals surface area (Å²) in [5, 5.41) is 5.98. The third-order valence-electron chi connectivity index (χ3n) is 5.57. The Morgan fingerprint density at radius 1 is 1.04 bits per heavy atom. The summed E-state index contributed by atoms with van der Waals surface area (Å²) in [4.78, 5) is 13.2. The van der Waals surface area contributed by atoms with Crippen molar-refractivity contribution in [1.82, 2.24) is 0 Å². The van der Waals surface area contributed by atoms with Gasteiger partial charge in [-0.05, 0) is 46.4 Å². The quantitative estimate of drug-likeness (QED) is 0.612. The van der Waals surface area contributed by atoms with Gasteiger partial charge in [0.05, 0.1) is 6.26 Å². The molecule has 1 aliphatic carbocycles. The molecule has 3 heteroatoms. The van der Waals surface area contributed by atoms with E-state index < -0.39 is 0 Å². The maximum absolute atomic E-state index is 13.2. The highest BCUT2D eigenvalue weighted by atomic mass is 16.3. The number of carbonyl (C=O) groups excluding carboxylic acids is 1. The Morgan fingerprint density at radius 3 is 2.69 bits per heavy atom. The zero-order valence-corrected chi connectivity index (χ0v) is 15.0. The van der Waals surface area contributed by atoms with Crippen molar-refractivity contribution in [2.75, 3.05) is 5.32 Å². The highest BCUT2D eigenvalue weighted by Crippen LogP contribution is 2.51. The Bertz CT molecular complexity index is 1060. The van der Waals surface area contributed by atoms with Crippen molar-refractivity contribution in [2.45, 2.75) is 32.7 Å². The number of furan rings is 1. The average Bonchev–Trinajstić information content (AvgIpc) is 3.14. The smallest absolute Gasteiger partial charge is 0.162 e. The van der Waals surface area contributed by atoms with Crippen LogP contribution in [0.15, 0.2) is 64.8 Å². The summed E-state index contributed by atoms with van der Waals surface area (Å²) in [5.41, 5.74) is 4.28. The number of allylic oxidation sites excluding steroid dienone is 1. The van der Waals surface area contributed by atoms with Gasteiger partial charge >= 0.3 is 0 Å². The summed E-state index contributed by atoms with van der Waals surface area (Å²) in [6.07, 6.45) is 3.14. The van der Waals surface area contributed by atoms with Crippen LogP contribution in [0, 0.1) is 5.41 Å². The van der Waals surface area contributed by atoms with Gasteiger partial charge in [-0.25, -0.2) is 0 Å². The first-order chi connectivity index (χ1) is 12.5. The van der Waals surface area contributed by atoms with Gasteiger partial charge in [0.1, 0.15) is 11.8 Å². The van der Waals surface area contributed by atoms with Crippen molar-refractivity contribution < 1.29 is 9.21 Å². The van der Waals surface area contributed by atoms with Crippen LogP contribution in [0.5, 0.6) is 0 Å². The minimum absolute atomic E-state index is 0.0326. The van der Waals surface area contributed by atoms with Crippen LogP contribution in [-0.2, 0) is 4.79 Å². The van der Waals surface area contributed by atoms with E-state index in [1.165, 1.54) is 21.9 Å². The molecule has 1 atom stereocenters. The van der Waals surface area contributed by atoms with Gasteiger partial charge in [0.2, 0.25) is 0 Å². The fourth-order valence-electron chi connectivity index (χ4n) is 4.51. The third kappa shape index (κ3) is 2.23. The molecule has 1 aliphatic heterocycles. The summed E-state index contributed by atoms with van der Waals surface area (Å²) in [7, 11) is 0. The first-order valence-corrected chi connectivity index (χ1v) is 9.12. The van der Waals surface area contributed by atoms with Crippen molar-refractivity contribution >= 4 is 27.8 Å². The molecule has 1 N–H and O–H groups in total. The van der Waals surface area contributed by atoms with Crippen LogP contribution in [0.3, 0.4) is 0 Å². The molecular weight excluding hydrogens is 322 g/mol. The highest BCUT2D eigenvalue weighted by Gasteiger charge is 2.41. The van der Waals surface area contributed by atoms with E-state index in [1.807, 2.05) is 12.1 Å². The Hall–Kier alpha value is -2.81. The van der Waals surface area contributed by atoms with Gasteiger partial charge in [0.25, 0.3) is 0 Å². The maximum atomic E-state index is 13.2. The number of hydrogen-bond donors (Lipinski definition) is 1. The largest absolute Gasteiger partial charge is 0.467 e. The molecule has 0 bridgehead atoms. The Morgan fingerprint density at radius 2 is 1.88 bits per heavy atom. The third-order valence-corrected chi connectivity index (χ3v) is 5.57. The van der Waals surface area contributed by atoms with Crippen LogP contribution < -0.4 is 5.32 Å². The molecule has 2 aromatic carbocycles. The van der Waals surface area contributed by atoms with Gasteiger partial charge in [-0.3, -0.25) is 4.79 Å². The molecular formula is C23H21NO2. The van der Waals surface area contributed by atoms with E-state index in [0.29, 0.717) is 6.42 Å². The molecule has 2 aliphatic rings. The van der Waals surface area contributed by atoms with E-state index in [0.717, 1.165) is 23.4 Å². The molecule has 0 saturated carbocycles. The van der Waals surface area contributed by atoms with Crippen LogP contribution in [0.4, 0.5) is 5.69 Å². The molecule has 5 rings (SSSR count). The molecule has 130 valence electrons. The number of fused-ring (bicyclic) bond motifs is 4. The molecule has 2 heterocycles. The molecule has 0 saturated heterocycles. The Labute approximate surface area is 152 Å². The molecule has 0 fully saturated rings. The second kappa shape index (κ2) is 5.34. The molecule has 26 heavy (non-hydrogen) atoms. The molecule has 1 aromatic heterocycles. The summed E-state index contributed by atoms with van der Waals surface area (Å²) in [6.45, 7) is 4.37. The van der Waals surface area contributed by atoms with Crippen LogP contribution in [-0.4, -0.2) is 5.78 Å². The van der Waals surface area contributed by atoms with E-state index in [-0.39, 0.29) is 17.2 Å². The molecule has 0 amide bonds. The van der Waals surface area contributed by atoms with Gasteiger partial charge in [0.15, 0.2) is 5.78 Å². The van der Waals surface area contributed by atoms with E-state index in [4.69, 9.17) is 4.42 Å². The van der Waals surface area contributed by atoms with Crippen molar-refractivity contribution in [3.8, 4) is 0 Å². The number of Topliss-reactive ketones (excluding diaryl/α,β-unsaturated/α-hetero) is 1. The fourth-order valence-corrected chi connectivity index (χ4v) is 4.51. The van der Waals surface area contributed by atoms with E-state index in [1.54, 1.807) is 6.26 Å². The van der Waals surface area contributed by atoms with E-state index >= 15 is 0 Å². The highest BCUT2D eigenvalue weighted by molar-refractivity contribution is 6.12. The number of carbonyl (C=O) groups is 1. The van der Waals surface area contributed by atoms with E-state index in [9.17, 15) is 4.79 Å². The predicted octanol–water partition coefficient (Wildman–Crippen LogP) is 5.74. The predicted molar refractivity (Wildman–Crippen MR) is 104 cm³/mol. The first kappa shape index (κ1) is 15.4. The number of benzene rings is 2. The number of nitrogens with one attached hydrogen (secondary N) is 1. The van der Waals surface area contributed by atoms with Crippen LogP contribution in [0.25, 0.3) is 16.3 Å². The molecule has 0 radical (unpaired) electrons. The summed E-state index contributed by atoms with van der Waals surface area (Å²) in [6, 6.07) is 16.3. The van der Waals surface area contributed by atoms with Crippen LogP contribution in [0.1, 0.15) is 44.1 Å². The zero-order chi connectivity index (χ0) is 17.9. The number of ketones is 1. The summed E-state index contributed by atoms with van der Waals surface area (Å²) >= 11 is 0. The van der Waals surface area contributed by atoms with Crippen molar-refractivity contribution in [1.29, 1.82) is 0 Å². The van der Waals surface area contributed by atoms with Crippen molar-refractivity contribution in [2.24, 2.45) is 5.41 Å². The van der Waals surface area contributed by atoms with Crippen molar-refractivity contribution in [3.63, 3.8) is 0 Å². The second-order valence-electron chi connectivity index (χ2n) is 8.14. The summed E-state index contributed by atoms with van der Waals surface area (Å²) in [5.74, 6) is 1.02. The van der Waals surface area contributed by atoms with Crippen molar-refractivity contribution in [3.05, 3.63) is 71.7 Å². The van der Waals surface area contributed by atoms with Gasteiger partial charge in [0, 0.05) is 23.2 Å². The standard InChI is InChI=1S/C23H21NO2/c1-23(2)12-16-20-15-7-4-3-6-14(15)9-10-17(20)24-22(19-8-5-11-26-19)21(16)18(25)13-23/h3-11,22,24H,12-13H2,1-2H3/t22-/m0/s1. The second-order valence-corrected chi connectivity index (χ2v) is 8.14. The minimum Gasteiger partial charge on any atom is -0.467 e. The topological polar surface area (TPSA) is 42.2 Å². The normalized spacial score (nSPS) is 21.3. The zero-order valence-electron chi connectivity index (χ0n) is 15.0. The van der Waals surface area contributed by atoms with Gasteiger partial charge in [-0.2, -0.15) is 0 Å². The van der Waals surface area contributed by atoms with Gasteiger partial charge in [-0.1, -0.05) is 44.2 Å². The lowest BCUT2D eigenvalue weighted by molar-refractivity contribution is -0.118. The van der Waals surface area contributed by atoms with E-state index in [2.05, 4.69) is 55.6 Å². The molecule has 3 nitrogen and oxygen atoms in total. The minimum atomic E-state index is -0.211. The van der Waals surface area contributed by atoms with Gasteiger partial charge < -0.3 is 9.73 Å². The lowest BCUT2D eigenvalue weighted by atomic mass is 9.68. The van der Waals surface area contributed by atoms with Gasteiger partial charge in [-0.15, -0.1) is 0 Å². The van der Waals surface area contributed by atoms with Crippen LogP contribution >= 0.6 is 0 Å². The SMILES string of the molecule is CC1(C)CC(=O)C2=C(C1)c1c(ccc3ccccc13)N[C@H]2c1ccco1. The summed E-state index contributed by atoms with van der Waals surface area (Å²) < 4.78 is 5.68. The Balaban J connectivity index is 1.83. The lowest BCUT2D eigenvalue weighted by Crippen LogP contribution is -2.33. The first-order valence-electron chi connectivity index (χ1n) is 9.12. The number of rotatable bonds is 1. The fraction of sp³-hybridized carbons (Fsp3) is 0.261. The number of anilines is 1.